The van der Waals surface area contributed by atoms with Crippen LogP contribution in [0.4, 0.5) is 0 Å². The zero-order chi connectivity index (χ0) is 10.7. The summed E-state index contributed by atoms with van der Waals surface area (Å²) < 4.78 is 6.24. The average Bonchev–Trinajstić information content (AvgIpc) is 2.51. The maximum absolute atomic E-state index is 10.1. The second-order valence-corrected chi connectivity index (χ2v) is 5.16. The molecule has 1 aromatic heterocycles. The first kappa shape index (κ1) is 12.2. The van der Waals surface area contributed by atoms with Crippen molar-refractivity contribution in [2.45, 2.75) is 26.1 Å². The molecular weight excluding hydrogens is 264 g/mol. The highest BCUT2D eigenvalue weighted by atomic mass is 79.9. The van der Waals surface area contributed by atoms with Gasteiger partial charge in [0.15, 0.2) is 0 Å². The van der Waals surface area contributed by atoms with Gasteiger partial charge < -0.3 is 9.84 Å². The van der Waals surface area contributed by atoms with Crippen molar-refractivity contribution in [3.63, 3.8) is 0 Å². The molecule has 0 aliphatic carbocycles. The highest BCUT2D eigenvalue weighted by molar-refractivity contribution is 9.10. The van der Waals surface area contributed by atoms with Crippen molar-refractivity contribution in [1.29, 1.82) is 0 Å². The number of halogens is 1. The van der Waals surface area contributed by atoms with Crippen molar-refractivity contribution in [2.75, 3.05) is 7.11 Å². The van der Waals surface area contributed by atoms with Gasteiger partial charge in [-0.2, -0.15) is 11.3 Å². The topological polar surface area (TPSA) is 29.5 Å². The van der Waals surface area contributed by atoms with Crippen molar-refractivity contribution in [3.8, 4) is 0 Å². The number of rotatable bonds is 4. The number of methoxy groups -OCH3 is 1. The fraction of sp³-hybridized carbons (Fsp3) is 0.600. The Labute approximate surface area is 97.0 Å². The fourth-order valence-electron chi connectivity index (χ4n) is 1.45. The number of hydrogen-bond donors (Lipinski definition) is 1. The number of thiophene rings is 1. The molecule has 2 nitrogen and oxygen atoms in total. The van der Waals surface area contributed by atoms with Gasteiger partial charge in [0.05, 0.1) is 6.10 Å². The van der Waals surface area contributed by atoms with Gasteiger partial charge in [0.25, 0.3) is 0 Å². The molecular formula is C10H15BrO2S. The van der Waals surface area contributed by atoms with Crippen LogP contribution in [0.3, 0.4) is 0 Å². The number of hydrogen-bond acceptors (Lipinski definition) is 3. The second kappa shape index (κ2) is 5.26. The minimum absolute atomic E-state index is 0.152. The Bertz CT molecular complexity index is 285. The minimum atomic E-state index is -0.555. The van der Waals surface area contributed by atoms with E-state index in [-0.39, 0.29) is 6.10 Å². The van der Waals surface area contributed by atoms with Gasteiger partial charge >= 0.3 is 0 Å². The lowest BCUT2D eigenvalue weighted by molar-refractivity contribution is -0.0391. The van der Waals surface area contributed by atoms with Gasteiger partial charge in [0.1, 0.15) is 6.10 Å². The van der Waals surface area contributed by atoms with Crippen LogP contribution in [-0.4, -0.2) is 18.3 Å². The number of aliphatic hydroxyl groups excluding tert-OH is 1. The molecule has 1 rings (SSSR count). The maximum Gasteiger partial charge on any atom is 0.107 e. The summed E-state index contributed by atoms with van der Waals surface area (Å²) in [6, 6.07) is 0. The van der Waals surface area contributed by atoms with Crippen LogP contribution in [0.1, 0.15) is 25.5 Å². The Kier molecular flexibility index (Phi) is 4.57. The number of ether oxygens (including phenoxy) is 1. The number of aliphatic hydroxyl groups is 1. The van der Waals surface area contributed by atoms with Crippen molar-refractivity contribution in [1.82, 2.24) is 0 Å². The quantitative estimate of drug-likeness (QED) is 0.917. The highest BCUT2D eigenvalue weighted by Gasteiger charge is 2.25. The summed E-state index contributed by atoms with van der Waals surface area (Å²) in [6.45, 7) is 4.08. The smallest absolute Gasteiger partial charge is 0.107 e. The molecule has 14 heavy (non-hydrogen) atoms. The van der Waals surface area contributed by atoms with Crippen LogP contribution in [0, 0.1) is 5.92 Å². The Morgan fingerprint density at radius 3 is 2.43 bits per heavy atom. The van der Waals surface area contributed by atoms with Crippen LogP contribution >= 0.6 is 27.3 Å². The molecule has 0 fully saturated rings. The van der Waals surface area contributed by atoms with Crippen molar-refractivity contribution >= 4 is 27.3 Å². The highest BCUT2D eigenvalue weighted by Crippen LogP contribution is 2.32. The largest absolute Gasteiger partial charge is 0.386 e. The molecule has 0 saturated heterocycles. The summed E-state index contributed by atoms with van der Waals surface area (Å²) in [7, 11) is 1.63. The van der Waals surface area contributed by atoms with Crippen LogP contribution in [0.2, 0.25) is 0 Å². The lowest BCUT2D eigenvalue weighted by Gasteiger charge is -2.24. The molecule has 1 N–H and O–H groups in total. The first-order chi connectivity index (χ1) is 6.57. The van der Waals surface area contributed by atoms with Crippen molar-refractivity contribution in [3.05, 3.63) is 20.8 Å². The normalized spacial score (nSPS) is 15.9. The molecule has 0 aliphatic rings. The van der Waals surface area contributed by atoms with E-state index in [0.717, 1.165) is 10.0 Å². The van der Waals surface area contributed by atoms with Crippen LogP contribution < -0.4 is 0 Å². The third kappa shape index (κ3) is 2.57. The third-order valence-electron chi connectivity index (χ3n) is 2.20. The van der Waals surface area contributed by atoms with Gasteiger partial charge in [-0.1, -0.05) is 13.8 Å². The summed E-state index contributed by atoms with van der Waals surface area (Å²) in [6.07, 6.45) is -0.707. The Balaban J connectivity index is 2.83. The lowest BCUT2D eigenvalue weighted by Crippen LogP contribution is -2.26. The van der Waals surface area contributed by atoms with Crippen LogP contribution in [-0.2, 0) is 4.74 Å². The molecule has 0 spiro atoms. The second-order valence-electron chi connectivity index (χ2n) is 3.56. The zero-order valence-corrected chi connectivity index (χ0v) is 10.9. The Hall–Kier alpha value is 0.100. The monoisotopic (exact) mass is 278 g/mol. The SMILES string of the molecule is COC(C(C)C)C(O)c1cscc1Br. The summed E-state index contributed by atoms with van der Waals surface area (Å²) in [4.78, 5) is 0. The van der Waals surface area contributed by atoms with Crippen LogP contribution in [0.25, 0.3) is 0 Å². The Morgan fingerprint density at radius 2 is 2.07 bits per heavy atom. The zero-order valence-electron chi connectivity index (χ0n) is 8.53. The van der Waals surface area contributed by atoms with E-state index in [9.17, 15) is 5.11 Å². The summed E-state index contributed by atoms with van der Waals surface area (Å²) >= 11 is 4.98. The fourth-order valence-corrected chi connectivity index (χ4v) is 3.01. The molecule has 1 heterocycles. The summed E-state index contributed by atoms with van der Waals surface area (Å²) in [5.41, 5.74) is 0.913. The molecule has 2 atom stereocenters. The van der Waals surface area contributed by atoms with E-state index in [1.807, 2.05) is 24.6 Å². The first-order valence-electron chi connectivity index (χ1n) is 4.50. The molecule has 2 unspecified atom stereocenters. The standard InChI is InChI=1S/C10H15BrO2S/c1-6(2)10(13-3)9(12)7-4-14-5-8(7)11/h4-6,9-10,12H,1-3H3. The molecule has 0 bridgehead atoms. The summed E-state index contributed by atoms with van der Waals surface area (Å²) in [5, 5.41) is 14.0. The minimum Gasteiger partial charge on any atom is -0.386 e. The molecule has 80 valence electrons. The van der Waals surface area contributed by atoms with Gasteiger partial charge in [-0.3, -0.25) is 0 Å². The van der Waals surface area contributed by atoms with E-state index < -0.39 is 6.10 Å². The lowest BCUT2D eigenvalue weighted by atomic mass is 9.98. The maximum atomic E-state index is 10.1. The predicted octanol–water partition coefficient (Wildman–Crippen LogP) is 3.22. The molecule has 1 aromatic rings. The third-order valence-corrected chi connectivity index (χ3v) is 3.95. The average molecular weight is 279 g/mol. The molecule has 0 aliphatic heterocycles. The van der Waals surface area contributed by atoms with Crippen molar-refractivity contribution < 1.29 is 9.84 Å². The molecule has 0 radical (unpaired) electrons. The summed E-state index contributed by atoms with van der Waals surface area (Å²) in [5.74, 6) is 0.293. The van der Waals surface area contributed by atoms with Gasteiger partial charge in [0.2, 0.25) is 0 Å². The van der Waals surface area contributed by atoms with Crippen molar-refractivity contribution in [2.24, 2.45) is 5.92 Å². The van der Waals surface area contributed by atoms with E-state index in [2.05, 4.69) is 15.9 Å². The van der Waals surface area contributed by atoms with Gasteiger partial charge in [-0.25, -0.2) is 0 Å². The van der Waals surface area contributed by atoms with Crippen LogP contribution in [0.15, 0.2) is 15.2 Å². The molecule has 0 saturated carbocycles. The van der Waals surface area contributed by atoms with E-state index in [4.69, 9.17) is 4.74 Å². The molecule has 0 aromatic carbocycles. The van der Waals surface area contributed by atoms with E-state index in [1.54, 1.807) is 18.4 Å². The Morgan fingerprint density at radius 1 is 1.43 bits per heavy atom. The van der Waals surface area contributed by atoms with Gasteiger partial charge in [-0.15, -0.1) is 0 Å². The van der Waals surface area contributed by atoms with E-state index in [0.29, 0.717) is 5.92 Å². The van der Waals surface area contributed by atoms with Gasteiger partial charge in [-0.05, 0) is 27.2 Å². The van der Waals surface area contributed by atoms with Gasteiger partial charge in [0, 0.05) is 22.5 Å². The van der Waals surface area contributed by atoms with E-state index >= 15 is 0 Å². The van der Waals surface area contributed by atoms with Crippen LogP contribution in [0.5, 0.6) is 0 Å². The molecule has 0 amide bonds. The first-order valence-corrected chi connectivity index (χ1v) is 6.24. The van der Waals surface area contributed by atoms with E-state index in [1.165, 1.54) is 0 Å². The predicted molar refractivity (Wildman–Crippen MR) is 62.6 cm³/mol. The molecule has 4 heteroatoms.